The van der Waals surface area contributed by atoms with Crippen LogP contribution in [0.5, 0.6) is 0 Å². The lowest BCUT2D eigenvalue weighted by molar-refractivity contribution is -0.203. The third-order valence-electron chi connectivity index (χ3n) is 2.41. The lowest BCUT2D eigenvalue weighted by atomic mass is 10.0. The number of thioether (sulfide) groups is 1. The monoisotopic (exact) mass is 250 g/mol. The Balaban J connectivity index is 2.90. The molecule has 90 valence electrons. The molecule has 1 atom stereocenters. The molecule has 1 unspecified atom stereocenters. The van der Waals surface area contributed by atoms with E-state index in [2.05, 4.69) is 0 Å². The van der Waals surface area contributed by atoms with E-state index < -0.39 is 12.3 Å². The van der Waals surface area contributed by atoms with E-state index in [0.29, 0.717) is 5.56 Å². The van der Waals surface area contributed by atoms with Crippen molar-refractivity contribution in [2.75, 3.05) is 6.26 Å². The number of alkyl halides is 3. The van der Waals surface area contributed by atoms with Crippen LogP contribution >= 0.6 is 11.8 Å². The van der Waals surface area contributed by atoms with Gasteiger partial charge in [0, 0.05) is 11.3 Å². The van der Waals surface area contributed by atoms with Gasteiger partial charge < -0.3 is 5.11 Å². The highest BCUT2D eigenvalue weighted by Crippen LogP contribution is 2.27. The minimum absolute atomic E-state index is 0.385. The molecule has 1 aromatic carbocycles. The molecule has 0 fully saturated rings. The number of aliphatic hydroxyl groups excluding tert-OH is 1. The van der Waals surface area contributed by atoms with Gasteiger partial charge >= 0.3 is 6.18 Å². The van der Waals surface area contributed by atoms with Crippen molar-refractivity contribution in [2.45, 2.75) is 30.5 Å². The third-order valence-corrected chi connectivity index (χ3v) is 3.29. The molecule has 0 bridgehead atoms. The molecule has 1 aromatic rings. The first-order chi connectivity index (χ1) is 7.36. The van der Waals surface area contributed by atoms with Crippen LogP contribution in [-0.2, 0) is 6.42 Å². The molecule has 16 heavy (non-hydrogen) atoms. The van der Waals surface area contributed by atoms with Crippen LogP contribution < -0.4 is 0 Å². The summed E-state index contributed by atoms with van der Waals surface area (Å²) < 4.78 is 36.6. The molecule has 0 aromatic heterocycles. The first kappa shape index (κ1) is 13.4. The molecule has 0 aliphatic heterocycles. The highest BCUT2D eigenvalue weighted by molar-refractivity contribution is 7.98. The molecule has 0 aliphatic carbocycles. The largest absolute Gasteiger partial charge is 0.414 e. The highest BCUT2D eigenvalue weighted by Gasteiger charge is 2.38. The fourth-order valence-corrected chi connectivity index (χ4v) is 2.08. The van der Waals surface area contributed by atoms with Gasteiger partial charge in [-0.2, -0.15) is 13.2 Å². The molecule has 1 N–H and O–H groups in total. The molecule has 0 saturated carbocycles. The van der Waals surface area contributed by atoms with Crippen LogP contribution in [-0.4, -0.2) is 23.6 Å². The molecule has 0 radical (unpaired) electrons. The van der Waals surface area contributed by atoms with Crippen molar-refractivity contribution in [3.63, 3.8) is 0 Å². The highest BCUT2D eigenvalue weighted by atomic mass is 32.2. The van der Waals surface area contributed by atoms with Crippen LogP contribution in [0.25, 0.3) is 0 Å². The van der Waals surface area contributed by atoms with Crippen molar-refractivity contribution < 1.29 is 18.3 Å². The molecular weight excluding hydrogens is 237 g/mol. The molecule has 0 saturated heterocycles. The number of hydrogen-bond acceptors (Lipinski definition) is 2. The molecular formula is C11H13F3OS. The van der Waals surface area contributed by atoms with E-state index in [1.54, 1.807) is 19.1 Å². The zero-order valence-corrected chi connectivity index (χ0v) is 9.82. The van der Waals surface area contributed by atoms with Gasteiger partial charge in [0.25, 0.3) is 0 Å². The van der Waals surface area contributed by atoms with Crippen molar-refractivity contribution in [1.82, 2.24) is 0 Å². The van der Waals surface area contributed by atoms with Crippen LogP contribution in [0.4, 0.5) is 13.2 Å². The normalized spacial score (nSPS) is 13.9. The number of hydrogen-bond donors (Lipinski definition) is 1. The van der Waals surface area contributed by atoms with E-state index in [1.807, 2.05) is 12.3 Å². The molecule has 1 rings (SSSR count). The summed E-state index contributed by atoms with van der Waals surface area (Å²) in [5.74, 6) is 0. The predicted octanol–water partition coefficient (Wildman–Crippen LogP) is 3.18. The van der Waals surface area contributed by atoms with Gasteiger partial charge in [0.2, 0.25) is 0 Å². The fraction of sp³-hybridized carbons (Fsp3) is 0.455. The number of benzene rings is 1. The van der Waals surface area contributed by atoms with E-state index in [4.69, 9.17) is 5.11 Å². The SMILES string of the molecule is CSc1cccc(CC(O)C(F)(F)F)c1C. The van der Waals surface area contributed by atoms with E-state index in [1.165, 1.54) is 11.8 Å². The molecule has 5 heteroatoms. The van der Waals surface area contributed by atoms with Crippen LogP contribution in [0.2, 0.25) is 0 Å². The van der Waals surface area contributed by atoms with Gasteiger partial charge in [-0.3, -0.25) is 0 Å². The minimum Gasteiger partial charge on any atom is -0.383 e. The second kappa shape index (κ2) is 5.10. The smallest absolute Gasteiger partial charge is 0.383 e. The maximum atomic E-state index is 12.2. The Labute approximate surface area is 96.7 Å². The Kier molecular flexibility index (Phi) is 4.27. The van der Waals surface area contributed by atoms with Gasteiger partial charge in [0.05, 0.1) is 0 Å². The predicted molar refractivity (Wildman–Crippen MR) is 58.7 cm³/mol. The minimum atomic E-state index is -4.55. The van der Waals surface area contributed by atoms with E-state index >= 15 is 0 Å². The molecule has 1 nitrogen and oxygen atoms in total. The number of halogens is 3. The second-order valence-electron chi connectivity index (χ2n) is 3.51. The second-order valence-corrected chi connectivity index (χ2v) is 4.35. The van der Waals surface area contributed by atoms with Gasteiger partial charge in [-0.05, 0) is 30.4 Å². The van der Waals surface area contributed by atoms with Crippen molar-refractivity contribution in [3.05, 3.63) is 29.3 Å². The summed E-state index contributed by atoms with van der Waals surface area (Å²) in [6.45, 7) is 1.77. The maximum absolute atomic E-state index is 12.2. The third kappa shape index (κ3) is 3.15. The van der Waals surface area contributed by atoms with E-state index in [-0.39, 0.29) is 6.42 Å². The number of aliphatic hydroxyl groups is 1. The topological polar surface area (TPSA) is 20.2 Å². The summed E-state index contributed by atoms with van der Waals surface area (Å²) in [5, 5.41) is 9.00. The summed E-state index contributed by atoms with van der Waals surface area (Å²) >= 11 is 1.48. The average Bonchev–Trinajstić information content (AvgIpc) is 2.19. The van der Waals surface area contributed by atoms with Gasteiger partial charge in [-0.25, -0.2) is 0 Å². The standard InChI is InChI=1S/C11H13F3OS/c1-7-8(4-3-5-9(7)16-2)6-10(15)11(12,13)14/h3-5,10,15H,6H2,1-2H3. The molecule has 0 spiro atoms. The zero-order valence-electron chi connectivity index (χ0n) is 9.01. The quantitative estimate of drug-likeness (QED) is 0.831. The van der Waals surface area contributed by atoms with Gasteiger partial charge in [0.15, 0.2) is 6.10 Å². The van der Waals surface area contributed by atoms with Crippen LogP contribution in [0.1, 0.15) is 11.1 Å². The van der Waals surface area contributed by atoms with Crippen molar-refractivity contribution in [3.8, 4) is 0 Å². The zero-order chi connectivity index (χ0) is 12.3. The first-order valence-electron chi connectivity index (χ1n) is 4.73. The first-order valence-corrected chi connectivity index (χ1v) is 5.96. The Bertz CT molecular complexity index is 363. The Morgan fingerprint density at radius 3 is 2.50 bits per heavy atom. The molecule has 0 aliphatic rings. The summed E-state index contributed by atoms with van der Waals surface area (Å²) in [7, 11) is 0. The summed E-state index contributed by atoms with van der Waals surface area (Å²) in [6, 6.07) is 5.17. The Hall–Kier alpha value is -0.680. The summed E-state index contributed by atoms with van der Waals surface area (Å²) in [6.07, 6.45) is -5.36. The van der Waals surface area contributed by atoms with Crippen LogP contribution in [0, 0.1) is 6.92 Å². The maximum Gasteiger partial charge on any atom is 0.414 e. The summed E-state index contributed by atoms with van der Waals surface area (Å²) in [5.41, 5.74) is 1.34. The average molecular weight is 250 g/mol. The Morgan fingerprint density at radius 2 is 2.00 bits per heavy atom. The van der Waals surface area contributed by atoms with Crippen molar-refractivity contribution >= 4 is 11.8 Å². The van der Waals surface area contributed by atoms with Crippen molar-refractivity contribution in [1.29, 1.82) is 0 Å². The van der Waals surface area contributed by atoms with Gasteiger partial charge in [-0.15, -0.1) is 11.8 Å². The lowest BCUT2D eigenvalue weighted by Crippen LogP contribution is -2.30. The van der Waals surface area contributed by atoms with Gasteiger partial charge in [-0.1, -0.05) is 12.1 Å². The molecule has 0 heterocycles. The van der Waals surface area contributed by atoms with Gasteiger partial charge in [0.1, 0.15) is 0 Å². The summed E-state index contributed by atoms with van der Waals surface area (Å²) in [4.78, 5) is 0.937. The van der Waals surface area contributed by atoms with Crippen LogP contribution in [0.3, 0.4) is 0 Å². The number of rotatable bonds is 3. The van der Waals surface area contributed by atoms with Crippen LogP contribution in [0.15, 0.2) is 23.1 Å². The van der Waals surface area contributed by atoms with E-state index in [9.17, 15) is 13.2 Å². The van der Waals surface area contributed by atoms with Crippen molar-refractivity contribution in [2.24, 2.45) is 0 Å². The Morgan fingerprint density at radius 1 is 1.38 bits per heavy atom. The fourth-order valence-electron chi connectivity index (χ4n) is 1.43. The molecule has 0 amide bonds. The van der Waals surface area contributed by atoms with E-state index in [0.717, 1.165) is 10.5 Å². The lowest BCUT2D eigenvalue weighted by Gasteiger charge is -2.16.